The van der Waals surface area contributed by atoms with Gasteiger partial charge >= 0.3 is 0 Å². The molecule has 2 rings (SSSR count). The molecule has 0 amide bonds. The van der Waals surface area contributed by atoms with Crippen molar-refractivity contribution >= 4 is 5.69 Å². The van der Waals surface area contributed by atoms with Gasteiger partial charge in [-0.15, -0.1) is 0 Å². The number of nitrogens with zero attached hydrogens (tertiary/aromatic N) is 1. The fraction of sp³-hybridized carbons (Fsp3) is 0.647. The molecule has 3 nitrogen and oxygen atoms in total. The Balaban J connectivity index is 2.15. The van der Waals surface area contributed by atoms with Crippen molar-refractivity contribution in [2.75, 3.05) is 24.7 Å². The van der Waals surface area contributed by atoms with Crippen molar-refractivity contribution in [2.45, 2.75) is 52.1 Å². The van der Waals surface area contributed by atoms with Gasteiger partial charge in [-0.05, 0) is 49.4 Å². The van der Waals surface area contributed by atoms with Crippen molar-refractivity contribution in [2.24, 2.45) is 5.73 Å². The Morgan fingerprint density at radius 2 is 2.20 bits per heavy atom. The summed E-state index contributed by atoms with van der Waals surface area (Å²) in [6, 6.07) is 7.59. The van der Waals surface area contributed by atoms with E-state index in [-0.39, 0.29) is 6.04 Å². The molecule has 1 fully saturated rings. The molecule has 2 unspecified atom stereocenters. The van der Waals surface area contributed by atoms with Gasteiger partial charge in [0.05, 0.1) is 19.3 Å². The second kappa shape index (κ2) is 7.09. The van der Waals surface area contributed by atoms with Gasteiger partial charge in [-0.2, -0.15) is 0 Å². The average Bonchev–Trinajstić information content (AvgIpc) is 2.49. The van der Waals surface area contributed by atoms with E-state index in [4.69, 9.17) is 10.5 Å². The van der Waals surface area contributed by atoms with Crippen LogP contribution in [0.15, 0.2) is 18.2 Å². The number of nitrogens with two attached hydrogens (primary N) is 1. The molecular weight excluding hydrogens is 248 g/mol. The lowest BCUT2D eigenvalue weighted by atomic mass is 9.99. The second-order valence-electron chi connectivity index (χ2n) is 5.81. The summed E-state index contributed by atoms with van der Waals surface area (Å²) in [6.07, 6.45) is 3.13. The number of ether oxygens (including phenoxy) is 1. The van der Waals surface area contributed by atoms with E-state index in [1.807, 2.05) is 0 Å². The van der Waals surface area contributed by atoms with E-state index in [2.05, 4.69) is 43.9 Å². The highest BCUT2D eigenvalue weighted by molar-refractivity contribution is 5.52. The first kappa shape index (κ1) is 15.3. The lowest BCUT2D eigenvalue weighted by Crippen LogP contribution is -2.45. The smallest absolute Gasteiger partial charge is 0.0670 e. The van der Waals surface area contributed by atoms with Crippen molar-refractivity contribution in [1.82, 2.24) is 0 Å². The third-order valence-electron chi connectivity index (χ3n) is 4.36. The SMILES string of the molecule is CCC(N)Cc1ccc(N2CCOCC2CC)cc1C. The van der Waals surface area contributed by atoms with Crippen molar-refractivity contribution in [3.8, 4) is 0 Å². The van der Waals surface area contributed by atoms with E-state index in [0.717, 1.165) is 39.0 Å². The molecule has 1 saturated heterocycles. The van der Waals surface area contributed by atoms with Crippen molar-refractivity contribution < 1.29 is 4.74 Å². The number of hydrogen-bond acceptors (Lipinski definition) is 3. The van der Waals surface area contributed by atoms with Crippen molar-refractivity contribution in [3.63, 3.8) is 0 Å². The Hall–Kier alpha value is -1.06. The van der Waals surface area contributed by atoms with Gasteiger partial charge in [0.25, 0.3) is 0 Å². The molecule has 0 aliphatic carbocycles. The molecule has 20 heavy (non-hydrogen) atoms. The van der Waals surface area contributed by atoms with Crippen molar-refractivity contribution in [1.29, 1.82) is 0 Å². The zero-order valence-electron chi connectivity index (χ0n) is 13.1. The largest absolute Gasteiger partial charge is 0.377 e. The molecule has 0 saturated carbocycles. The minimum absolute atomic E-state index is 0.270. The van der Waals surface area contributed by atoms with Gasteiger partial charge < -0.3 is 15.4 Å². The van der Waals surface area contributed by atoms with Crippen LogP contribution in [0.2, 0.25) is 0 Å². The topological polar surface area (TPSA) is 38.5 Å². The van der Waals surface area contributed by atoms with E-state index in [9.17, 15) is 0 Å². The normalized spacial score (nSPS) is 21.0. The summed E-state index contributed by atoms with van der Waals surface area (Å²) >= 11 is 0. The Morgan fingerprint density at radius 3 is 2.85 bits per heavy atom. The molecule has 2 N–H and O–H groups in total. The summed E-state index contributed by atoms with van der Waals surface area (Å²) in [7, 11) is 0. The molecular formula is C17H28N2O. The maximum Gasteiger partial charge on any atom is 0.0670 e. The van der Waals surface area contributed by atoms with Crippen LogP contribution in [0.3, 0.4) is 0 Å². The summed E-state index contributed by atoms with van der Waals surface area (Å²) in [4.78, 5) is 2.49. The third kappa shape index (κ3) is 3.53. The maximum atomic E-state index is 6.07. The Labute approximate surface area is 123 Å². The van der Waals surface area contributed by atoms with Crippen LogP contribution in [0.5, 0.6) is 0 Å². The standard InChI is InChI=1S/C17H28N2O/c1-4-15(18)11-14-6-7-17(10-13(14)3)19-8-9-20-12-16(19)5-2/h6-7,10,15-16H,4-5,8-9,11-12,18H2,1-3H3. The fourth-order valence-corrected chi connectivity index (χ4v) is 2.85. The minimum atomic E-state index is 0.270. The van der Waals surface area contributed by atoms with Crippen LogP contribution in [0, 0.1) is 6.92 Å². The number of rotatable bonds is 5. The molecule has 1 aromatic rings. The molecule has 3 heteroatoms. The number of morpholine rings is 1. The van der Waals surface area contributed by atoms with Gasteiger partial charge in [0.15, 0.2) is 0 Å². The Kier molecular flexibility index (Phi) is 5.44. The Bertz CT molecular complexity index is 433. The first-order valence-electron chi connectivity index (χ1n) is 7.85. The molecule has 0 aromatic heterocycles. The third-order valence-corrected chi connectivity index (χ3v) is 4.36. The molecule has 2 atom stereocenters. The molecule has 0 spiro atoms. The number of aryl methyl sites for hydroxylation is 1. The predicted octanol–water partition coefficient (Wildman–Crippen LogP) is 2.89. The number of anilines is 1. The van der Waals surface area contributed by atoms with E-state index in [1.54, 1.807) is 0 Å². The van der Waals surface area contributed by atoms with E-state index in [1.165, 1.54) is 16.8 Å². The summed E-state index contributed by atoms with van der Waals surface area (Å²) < 4.78 is 5.59. The van der Waals surface area contributed by atoms with Gasteiger partial charge in [-0.3, -0.25) is 0 Å². The fourth-order valence-electron chi connectivity index (χ4n) is 2.85. The monoisotopic (exact) mass is 276 g/mol. The molecule has 1 aromatic carbocycles. The lowest BCUT2D eigenvalue weighted by Gasteiger charge is -2.37. The number of hydrogen-bond donors (Lipinski definition) is 1. The predicted molar refractivity (Wildman–Crippen MR) is 85.4 cm³/mol. The maximum absolute atomic E-state index is 6.07. The summed E-state index contributed by atoms with van der Waals surface area (Å²) in [5.41, 5.74) is 10.1. The van der Waals surface area contributed by atoms with Crippen LogP contribution in [-0.2, 0) is 11.2 Å². The van der Waals surface area contributed by atoms with Crippen LogP contribution >= 0.6 is 0 Å². The average molecular weight is 276 g/mol. The first-order valence-corrected chi connectivity index (χ1v) is 7.85. The highest BCUT2D eigenvalue weighted by Gasteiger charge is 2.22. The molecule has 0 radical (unpaired) electrons. The van der Waals surface area contributed by atoms with E-state index >= 15 is 0 Å². The molecule has 112 valence electrons. The second-order valence-corrected chi connectivity index (χ2v) is 5.81. The van der Waals surface area contributed by atoms with Crippen LogP contribution in [0.1, 0.15) is 37.8 Å². The summed E-state index contributed by atoms with van der Waals surface area (Å²) in [5.74, 6) is 0. The summed E-state index contributed by atoms with van der Waals surface area (Å²) in [5, 5.41) is 0. The van der Waals surface area contributed by atoms with E-state index in [0.29, 0.717) is 6.04 Å². The molecule has 1 aliphatic heterocycles. The first-order chi connectivity index (χ1) is 9.65. The van der Waals surface area contributed by atoms with Gasteiger partial charge in [-0.25, -0.2) is 0 Å². The Morgan fingerprint density at radius 1 is 1.40 bits per heavy atom. The van der Waals surface area contributed by atoms with Gasteiger partial charge in [0.2, 0.25) is 0 Å². The zero-order chi connectivity index (χ0) is 14.5. The summed E-state index contributed by atoms with van der Waals surface area (Å²) in [6.45, 7) is 9.24. The zero-order valence-corrected chi connectivity index (χ0v) is 13.1. The molecule has 1 heterocycles. The van der Waals surface area contributed by atoms with Gasteiger partial charge in [-0.1, -0.05) is 19.9 Å². The number of benzene rings is 1. The van der Waals surface area contributed by atoms with E-state index < -0.39 is 0 Å². The lowest BCUT2D eigenvalue weighted by molar-refractivity contribution is 0.0930. The van der Waals surface area contributed by atoms with Crippen LogP contribution in [-0.4, -0.2) is 31.8 Å². The minimum Gasteiger partial charge on any atom is -0.377 e. The van der Waals surface area contributed by atoms with Gasteiger partial charge in [0.1, 0.15) is 0 Å². The van der Waals surface area contributed by atoms with Crippen LogP contribution in [0.25, 0.3) is 0 Å². The highest BCUT2D eigenvalue weighted by Crippen LogP contribution is 2.24. The van der Waals surface area contributed by atoms with Crippen LogP contribution in [0.4, 0.5) is 5.69 Å². The quantitative estimate of drug-likeness (QED) is 0.898. The molecule has 1 aliphatic rings. The molecule has 0 bridgehead atoms. The van der Waals surface area contributed by atoms with Crippen LogP contribution < -0.4 is 10.6 Å². The van der Waals surface area contributed by atoms with Crippen molar-refractivity contribution in [3.05, 3.63) is 29.3 Å². The highest BCUT2D eigenvalue weighted by atomic mass is 16.5. The van der Waals surface area contributed by atoms with Gasteiger partial charge in [0, 0.05) is 18.3 Å².